The number of benzene rings is 2. The molecular formula is C25H31BKNO8. The quantitative estimate of drug-likeness (QED) is 0.436. The molecule has 11 heteroatoms. The maximum Gasteiger partial charge on any atom is 1.00 e. The van der Waals surface area contributed by atoms with E-state index >= 15 is 0 Å². The molecule has 0 radical (unpaired) electrons. The molecule has 4 rings (SSSR count). The molecule has 188 valence electrons. The molecule has 2 heterocycles. The summed E-state index contributed by atoms with van der Waals surface area (Å²) in [6.45, 7) is 2.70. The number of hydrogen-bond acceptors (Lipinski definition) is 9. The summed E-state index contributed by atoms with van der Waals surface area (Å²) in [5, 5.41) is 10.3. The molecule has 0 amide bonds. The molecule has 0 atom stereocenters. The van der Waals surface area contributed by atoms with Gasteiger partial charge in [-0.3, -0.25) is 0 Å². The van der Waals surface area contributed by atoms with Crippen molar-refractivity contribution in [1.29, 1.82) is 5.26 Å². The van der Waals surface area contributed by atoms with Crippen molar-refractivity contribution < 1.29 is 89.1 Å². The number of nitrogens with zero attached hydrogens (tertiary/aromatic N) is 1. The van der Waals surface area contributed by atoms with Crippen LogP contribution in [0.25, 0.3) is 0 Å². The third-order valence-electron chi connectivity index (χ3n) is 5.65. The molecule has 0 N–H and O–H groups in total. The average molecular weight is 523 g/mol. The molecule has 0 aromatic heterocycles. The monoisotopic (exact) mass is 523 g/mol. The third-order valence-corrected chi connectivity index (χ3v) is 5.65. The van der Waals surface area contributed by atoms with Crippen LogP contribution in [-0.4, -0.2) is 72.6 Å². The van der Waals surface area contributed by atoms with E-state index in [0.717, 1.165) is 11.1 Å². The van der Waals surface area contributed by atoms with E-state index in [-0.39, 0.29) is 64.6 Å². The summed E-state index contributed by atoms with van der Waals surface area (Å²) in [6, 6.07) is 13.0. The van der Waals surface area contributed by atoms with E-state index in [2.05, 4.69) is 5.97 Å². The van der Waals surface area contributed by atoms with E-state index in [0.29, 0.717) is 83.0 Å². The average Bonchev–Trinajstić information content (AvgIpc) is 3.27. The van der Waals surface area contributed by atoms with Crippen molar-refractivity contribution in [2.45, 2.75) is 13.2 Å². The second-order valence-electron chi connectivity index (χ2n) is 8.07. The van der Waals surface area contributed by atoms with E-state index in [1.807, 2.05) is 30.3 Å². The van der Waals surface area contributed by atoms with Gasteiger partial charge in [0.2, 0.25) is 0 Å². The van der Waals surface area contributed by atoms with E-state index in [9.17, 15) is 5.26 Å². The first kappa shape index (κ1) is 29.5. The fraction of sp³-hybridized carbons (Fsp3) is 0.480. The van der Waals surface area contributed by atoms with Gasteiger partial charge in [-0.2, -0.15) is 0 Å². The van der Waals surface area contributed by atoms with Crippen LogP contribution in [0, 0.1) is 11.2 Å². The summed E-state index contributed by atoms with van der Waals surface area (Å²) in [7, 11) is 0. The van der Waals surface area contributed by atoms with Crippen LogP contribution in [0.15, 0.2) is 42.5 Å². The van der Waals surface area contributed by atoms with Crippen molar-refractivity contribution in [2.24, 2.45) is 0 Å². The normalized spacial score (nSPS) is 19.8. The second kappa shape index (κ2) is 16.1. The van der Waals surface area contributed by atoms with E-state index < -0.39 is 6.55 Å². The van der Waals surface area contributed by atoms with Crippen LogP contribution in [0.2, 0.25) is 0 Å². The molecule has 0 saturated heterocycles. The molecule has 0 unspecified atom stereocenters. The molecule has 0 fully saturated rings. The molecule has 36 heavy (non-hydrogen) atoms. The standard InChI is InChI=1S/C25H31BNO8.K/c27-20-26(34-23-6-1-2-7-24(23)35-26)25-21-4-3-5-22(25)19-33-17-15-31-13-11-29-9-8-28-10-12-30-14-16-32-18-21;/h1-7H,8-19H2;/q-1;+1. The molecule has 2 aromatic rings. The van der Waals surface area contributed by atoms with Crippen LogP contribution in [0.3, 0.4) is 0 Å². The number of fused-ring (bicyclic) bond motifs is 3. The Bertz CT molecular complexity index is 926. The van der Waals surface area contributed by atoms with E-state index in [1.165, 1.54) is 0 Å². The van der Waals surface area contributed by atoms with Gasteiger partial charge in [0.15, 0.2) is 0 Å². The second-order valence-corrected chi connectivity index (χ2v) is 8.07. The predicted octanol–water partition coefficient (Wildman–Crippen LogP) is -1.01. The zero-order valence-electron chi connectivity index (χ0n) is 20.8. The summed E-state index contributed by atoms with van der Waals surface area (Å²) in [4.78, 5) is 0. The Morgan fingerprint density at radius 2 is 0.944 bits per heavy atom. The number of nitriles is 1. The predicted molar refractivity (Wildman–Crippen MR) is 128 cm³/mol. The Labute approximate surface area is 254 Å². The molecule has 2 aromatic carbocycles. The van der Waals surface area contributed by atoms with Crippen LogP contribution in [0.1, 0.15) is 11.1 Å². The van der Waals surface area contributed by atoms with Crippen molar-refractivity contribution in [3.8, 4) is 17.5 Å². The van der Waals surface area contributed by atoms with Crippen molar-refractivity contribution in [1.82, 2.24) is 0 Å². The molecule has 0 spiro atoms. The Kier molecular flexibility index (Phi) is 13.2. The molecule has 9 nitrogen and oxygen atoms in total. The van der Waals surface area contributed by atoms with Crippen LogP contribution in [0.5, 0.6) is 11.5 Å². The minimum atomic E-state index is -2.47. The van der Waals surface area contributed by atoms with Gasteiger partial charge in [-0.25, -0.2) is 5.26 Å². The topological polar surface area (TPSA) is 97.6 Å². The first-order valence-corrected chi connectivity index (χ1v) is 11.9. The minimum Gasteiger partial charge on any atom is -0.666 e. The van der Waals surface area contributed by atoms with Crippen molar-refractivity contribution >= 4 is 12.0 Å². The van der Waals surface area contributed by atoms with Gasteiger partial charge in [-0.05, 0) is 29.2 Å². The zero-order chi connectivity index (χ0) is 24.2. The third kappa shape index (κ3) is 8.25. The first-order valence-electron chi connectivity index (χ1n) is 11.9. The van der Waals surface area contributed by atoms with Gasteiger partial charge in [0.1, 0.15) is 11.5 Å². The number of rotatable bonds is 1. The summed E-state index contributed by atoms with van der Waals surface area (Å²) in [6.07, 6.45) is 0. The fourth-order valence-corrected chi connectivity index (χ4v) is 4.03. The summed E-state index contributed by atoms with van der Waals surface area (Å²) in [5.74, 6) is 3.39. The Hall–Kier alpha value is -1.01. The van der Waals surface area contributed by atoms with Gasteiger partial charge < -0.3 is 37.7 Å². The summed E-state index contributed by atoms with van der Waals surface area (Å²) >= 11 is 0. The van der Waals surface area contributed by atoms with Crippen molar-refractivity contribution in [3.63, 3.8) is 0 Å². The van der Waals surface area contributed by atoms with Gasteiger partial charge in [0.05, 0.1) is 79.3 Å². The molecular weight excluding hydrogens is 492 g/mol. The smallest absolute Gasteiger partial charge is 0.666 e. The van der Waals surface area contributed by atoms with Gasteiger partial charge in [-0.15, -0.1) is 0 Å². The van der Waals surface area contributed by atoms with Crippen molar-refractivity contribution in [2.75, 3.05) is 66.1 Å². The molecule has 2 aliphatic rings. The van der Waals surface area contributed by atoms with Crippen molar-refractivity contribution in [3.05, 3.63) is 53.6 Å². The number of para-hydroxylation sites is 2. The van der Waals surface area contributed by atoms with Crippen LogP contribution < -0.4 is 66.2 Å². The maximum absolute atomic E-state index is 10.3. The summed E-state index contributed by atoms with van der Waals surface area (Å²) < 4.78 is 46.2. The Balaban J connectivity index is 0.00000361. The number of hydrogen-bond donors (Lipinski definition) is 0. The fourth-order valence-electron chi connectivity index (χ4n) is 4.03. The van der Waals surface area contributed by atoms with Crippen LogP contribution in [0.4, 0.5) is 0 Å². The Morgan fingerprint density at radius 3 is 1.33 bits per heavy atom. The van der Waals surface area contributed by atoms with Gasteiger partial charge in [-0.1, -0.05) is 35.8 Å². The van der Waals surface area contributed by atoms with Gasteiger partial charge in [0.25, 0.3) is 0 Å². The van der Waals surface area contributed by atoms with Crippen LogP contribution >= 0.6 is 0 Å². The Morgan fingerprint density at radius 1 is 0.556 bits per heavy atom. The minimum absolute atomic E-state index is 0. The number of ether oxygens (including phenoxy) is 6. The summed E-state index contributed by atoms with van der Waals surface area (Å²) in [5.41, 5.74) is 2.27. The van der Waals surface area contributed by atoms with Gasteiger partial charge in [0, 0.05) is 0 Å². The first-order chi connectivity index (χ1) is 17.3. The SMILES string of the molecule is N#C[B-]1(c2c3cccc2COCCOCCOCCOCCOCCOC3)Oc2ccccc2O1.[K+]. The van der Waals surface area contributed by atoms with E-state index in [1.54, 1.807) is 12.1 Å². The molecule has 2 aliphatic heterocycles. The molecule has 0 saturated carbocycles. The molecule has 2 bridgehead atoms. The molecule has 0 aliphatic carbocycles. The van der Waals surface area contributed by atoms with E-state index in [4.69, 9.17) is 37.7 Å². The zero-order valence-corrected chi connectivity index (χ0v) is 23.9. The van der Waals surface area contributed by atoms with Gasteiger partial charge >= 0.3 is 57.9 Å². The maximum atomic E-state index is 10.3. The largest absolute Gasteiger partial charge is 1.00 e. The van der Waals surface area contributed by atoms with Crippen LogP contribution in [-0.2, 0) is 41.6 Å².